The summed E-state index contributed by atoms with van der Waals surface area (Å²) in [6, 6.07) is 0. The normalized spacial score (nSPS) is 15.9. The zero-order valence-electron chi connectivity index (χ0n) is 10.8. The van der Waals surface area contributed by atoms with Crippen LogP contribution in [0.5, 0.6) is 0 Å². The van der Waals surface area contributed by atoms with Crippen molar-refractivity contribution in [3.05, 3.63) is 0 Å². The van der Waals surface area contributed by atoms with E-state index in [4.69, 9.17) is 0 Å². The summed E-state index contributed by atoms with van der Waals surface area (Å²) in [5.74, 6) is 2.54. The second-order valence-electron chi connectivity index (χ2n) is 5.08. The third-order valence-corrected chi connectivity index (χ3v) is 3.00. The van der Waals surface area contributed by atoms with Crippen LogP contribution < -0.4 is 5.32 Å². The van der Waals surface area contributed by atoms with Gasteiger partial charge < -0.3 is 5.32 Å². The van der Waals surface area contributed by atoms with Gasteiger partial charge in [-0.15, -0.1) is 0 Å². The third kappa shape index (κ3) is 7.37. The van der Waals surface area contributed by atoms with Crippen molar-refractivity contribution in [1.82, 2.24) is 5.32 Å². The second kappa shape index (κ2) is 8.28. The van der Waals surface area contributed by atoms with Gasteiger partial charge in [0.15, 0.2) is 0 Å². The van der Waals surface area contributed by atoms with E-state index in [0.717, 1.165) is 24.3 Å². The summed E-state index contributed by atoms with van der Waals surface area (Å²) in [6.45, 7) is 13.9. The van der Waals surface area contributed by atoms with E-state index >= 15 is 0 Å². The molecule has 0 fully saturated rings. The molecule has 86 valence electrons. The summed E-state index contributed by atoms with van der Waals surface area (Å²) in [5, 5.41) is 3.57. The first-order valence-electron chi connectivity index (χ1n) is 6.30. The van der Waals surface area contributed by atoms with Gasteiger partial charge in [0, 0.05) is 0 Å². The number of hydrogen-bond donors (Lipinski definition) is 1. The molecule has 2 atom stereocenters. The Morgan fingerprint density at radius 2 is 1.57 bits per heavy atom. The van der Waals surface area contributed by atoms with E-state index in [1.165, 1.54) is 25.8 Å². The standard InChI is InChI=1S/C13H29N/c1-6-12(5)8-13(7-2)10-14-9-11(3)4/h11-14H,6-10H2,1-5H3. The zero-order chi connectivity index (χ0) is 11.0. The van der Waals surface area contributed by atoms with Gasteiger partial charge in [0.05, 0.1) is 0 Å². The van der Waals surface area contributed by atoms with Gasteiger partial charge in [0.2, 0.25) is 0 Å². The molecule has 0 saturated heterocycles. The molecule has 0 saturated carbocycles. The van der Waals surface area contributed by atoms with Crippen LogP contribution in [0.1, 0.15) is 53.9 Å². The Labute approximate surface area is 90.7 Å². The van der Waals surface area contributed by atoms with Crippen molar-refractivity contribution in [2.75, 3.05) is 13.1 Å². The molecule has 0 bridgehead atoms. The molecule has 0 aliphatic rings. The molecule has 0 aromatic carbocycles. The topological polar surface area (TPSA) is 12.0 Å². The Hall–Kier alpha value is -0.0400. The highest BCUT2D eigenvalue weighted by molar-refractivity contribution is 4.65. The van der Waals surface area contributed by atoms with Crippen molar-refractivity contribution in [3.8, 4) is 0 Å². The van der Waals surface area contributed by atoms with Gasteiger partial charge in [-0.3, -0.25) is 0 Å². The minimum absolute atomic E-state index is 0.774. The molecule has 1 heteroatoms. The maximum absolute atomic E-state index is 3.57. The van der Waals surface area contributed by atoms with E-state index in [-0.39, 0.29) is 0 Å². The maximum atomic E-state index is 3.57. The summed E-state index contributed by atoms with van der Waals surface area (Å²) >= 11 is 0. The summed E-state index contributed by atoms with van der Waals surface area (Å²) in [4.78, 5) is 0. The monoisotopic (exact) mass is 199 g/mol. The lowest BCUT2D eigenvalue weighted by molar-refractivity contribution is 0.350. The highest BCUT2D eigenvalue weighted by Crippen LogP contribution is 2.17. The number of nitrogens with one attached hydrogen (secondary N) is 1. The number of hydrogen-bond acceptors (Lipinski definition) is 1. The molecule has 14 heavy (non-hydrogen) atoms. The van der Waals surface area contributed by atoms with Crippen LogP contribution in [0.15, 0.2) is 0 Å². The van der Waals surface area contributed by atoms with E-state index in [1.54, 1.807) is 0 Å². The van der Waals surface area contributed by atoms with Crippen molar-refractivity contribution in [1.29, 1.82) is 0 Å². The lowest BCUT2D eigenvalue weighted by atomic mass is 9.92. The summed E-state index contributed by atoms with van der Waals surface area (Å²) in [5.41, 5.74) is 0. The fraction of sp³-hybridized carbons (Fsp3) is 1.00. The highest BCUT2D eigenvalue weighted by Gasteiger charge is 2.09. The molecule has 0 aromatic rings. The van der Waals surface area contributed by atoms with Crippen LogP contribution in [0.4, 0.5) is 0 Å². The van der Waals surface area contributed by atoms with Crippen molar-refractivity contribution in [2.24, 2.45) is 17.8 Å². The van der Waals surface area contributed by atoms with Crippen LogP contribution in [-0.4, -0.2) is 13.1 Å². The van der Waals surface area contributed by atoms with Crippen molar-refractivity contribution >= 4 is 0 Å². The van der Waals surface area contributed by atoms with E-state index in [0.29, 0.717) is 0 Å². The minimum Gasteiger partial charge on any atom is -0.316 e. The molecule has 0 aliphatic heterocycles. The molecular weight excluding hydrogens is 170 g/mol. The Morgan fingerprint density at radius 1 is 0.929 bits per heavy atom. The van der Waals surface area contributed by atoms with Crippen molar-refractivity contribution in [3.63, 3.8) is 0 Å². The Morgan fingerprint density at radius 3 is 2.00 bits per heavy atom. The molecule has 0 rings (SSSR count). The van der Waals surface area contributed by atoms with Gasteiger partial charge in [0.25, 0.3) is 0 Å². The molecule has 1 N–H and O–H groups in total. The smallest absolute Gasteiger partial charge is 0.00204 e. The molecule has 0 radical (unpaired) electrons. The third-order valence-electron chi connectivity index (χ3n) is 3.00. The molecule has 0 heterocycles. The number of rotatable bonds is 8. The van der Waals surface area contributed by atoms with Gasteiger partial charge in [0.1, 0.15) is 0 Å². The Bertz CT molecular complexity index is 120. The fourth-order valence-corrected chi connectivity index (χ4v) is 1.71. The van der Waals surface area contributed by atoms with Crippen LogP contribution in [0.2, 0.25) is 0 Å². The molecule has 0 aliphatic carbocycles. The predicted octanol–water partition coefficient (Wildman–Crippen LogP) is 3.69. The summed E-state index contributed by atoms with van der Waals surface area (Å²) in [7, 11) is 0. The zero-order valence-corrected chi connectivity index (χ0v) is 10.8. The van der Waals surface area contributed by atoms with Crippen LogP contribution in [0.25, 0.3) is 0 Å². The molecule has 2 unspecified atom stereocenters. The Balaban J connectivity index is 3.57. The van der Waals surface area contributed by atoms with Gasteiger partial charge in [-0.05, 0) is 37.3 Å². The van der Waals surface area contributed by atoms with Crippen LogP contribution in [-0.2, 0) is 0 Å². The SMILES string of the molecule is CCC(C)CC(CC)CNCC(C)C. The summed E-state index contributed by atoms with van der Waals surface area (Å²) in [6.07, 6.45) is 4.02. The molecule has 0 spiro atoms. The maximum Gasteiger partial charge on any atom is -0.00204 e. The second-order valence-corrected chi connectivity index (χ2v) is 5.08. The minimum atomic E-state index is 0.774. The first-order valence-corrected chi connectivity index (χ1v) is 6.30. The van der Waals surface area contributed by atoms with E-state index in [9.17, 15) is 0 Å². The molecule has 0 amide bonds. The average Bonchev–Trinajstić information content (AvgIpc) is 2.15. The van der Waals surface area contributed by atoms with Gasteiger partial charge >= 0.3 is 0 Å². The predicted molar refractivity (Wildman–Crippen MR) is 65.6 cm³/mol. The van der Waals surface area contributed by atoms with Crippen molar-refractivity contribution < 1.29 is 0 Å². The summed E-state index contributed by atoms with van der Waals surface area (Å²) < 4.78 is 0. The average molecular weight is 199 g/mol. The lowest BCUT2D eigenvalue weighted by Crippen LogP contribution is -2.27. The quantitative estimate of drug-likeness (QED) is 0.628. The van der Waals surface area contributed by atoms with E-state index < -0.39 is 0 Å². The van der Waals surface area contributed by atoms with E-state index in [1.807, 2.05) is 0 Å². The molecular formula is C13H29N. The fourth-order valence-electron chi connectivity index (χ4n) is 1.71. The van der Waals surface area contributed by atoms with Gasteiger partial charge in [-0.2, -0.15) is 0 Å². The largest absolute Gasteiger partial charge is 0.316 e. The van der Waals surface area contributed by atoms with Crippen LogP contribution in [0.3, 0.4) is 0 Å². The first-order chi connectivity index (χ1) is 6.60. The molecule has 1 nitrogen and oxygen atoms in total. The van der Waals surface area contributed by atoms with Crippen molar-refractivity contribution in [2.45, 2.75) is 53.9 Å². The van der Waals surface area contributed by atoms with Gasteiger partial charge in [-0.1, -0.05) is 47.5 Å². The van der Waals surface area contributed by atoms with E-state index in [2.05, 4.69) is 39.9 Å². The van der Waals surface area contributed by atoms with Crippen LogP contribution >= 0.6 is 0 Å². The van der Waals surface area contributed by atoms with Gasteiger partial charge in [-0.25, -0.2) is 0 Å². The Kier molecular flexibility index (Phi) is 8.26. The molecule has 0 aromatic heterocycles. The highest BCUT2D eigenvalue weighted by atomic mass is 14.9. The first kappa shape index (κ1) is 14.0. The lowest BCUT2D eigenvalue weighted by Gasteiger charge is -2.19. The van der Waals surface area contributed by atoms with Crippen LogP contribution in [0, 0.1) is 17.8 Å².